The van der Waals surface area contributed by atoms with Crippen LogP contribution >= 0.6 is 11.8 Å². The van der Waals surface area contributed by atoms with Crippen LogP contribution in [0.15, 0.2) is 4.42 Å². The molecule has 1 fully saturated rings. The molecule has 0 aliphatic carbocycles. The van der Waals surface area contributed by atoms with Crippen LogP contribution < -0.4 is 5.73 Å². The van der Waals surface area contributed by atoms with Gasteiger partial charge >= 0.3 is 6.01 Å². The van der Waals surface area contributed by atoms with Gasteiger partial charge in [0, 0.05) is 11.7 Å². The van der Waals surface area contributed by atoms with Crippen molar-refractivity contribution < 1.29 is 4.42 Å². The van der Waals surface area contributed by atoms with Gasteiger partial charge in [-0.1, -0.05) is 5.10 Å². The van der Waals surface area contributed by atoms with Gasteiger partial charge in [0.1, 0.15) is 0 Å². The SMILES string of the molecule is Nc1nnc(C2CCCSC2)o1. The summed E-state index contributed by atoms with van der Waals surface area (Å²) in [5.74, 6) is 3.47. The lowest BCUT2D eigenvalue weighted by Crippen LogP contribution is -2.08. The van der Waals surface area contributed by atoms with E-state index in [1.54, 1.807) is 0 Å². The van der Waals surface area contributed by atoms with Crippen LogP contribution in [0.4, 0.5) is 6.01 Å². The first-order valence-electron chi connectivity index (χ1n) is 4.03. The highest BCUT2D eigenvalue weighted by molar-refractivity contribution is 7.99. The molecule has 1 aromatic rings. The van der Waals surface area contributed by atoms with Crippen molar-refractivity contribution in [2.75, 3.05) is 17.2 Å². The Bertz CT molecular complexity index is 257. The molecule has 0 spiro atoms. The number of hydrogen-bond donors (Lipinski definition) is 1. The second-order valence-corrected chi connectivity index (χ2v) is 4.04. The minimum absolute atomic E-state index is 0.181. The minimum atomic E-state index is 0.181. The molecule has 1 saturated heterocycles. The fraction of sp³-hybridized carbons (Fsp3) is 0.714. The van der Waals surface area contributed by atoms with Gasteiger partial charge in [0.25, 0.3) is 0 Å². The molecule has 1 aromatic heterocycles. The van der Waals surface area contributed by atoms with Crippen LogP contribution in [0.5, 0.6) is 0 Å². The molecule has 5 heteroatoms. The molecule has 0 amide bonds. The van der Waals surface area contributed by atoms with Crippen molar-refractivity contribution in [3.8, 4) is 0 Å². The van der Waals surface area contributed by atoms with Crippen LogP contribution in [0.2, 0.25) is 0 Å². The molecule has 0 bridgehead atoms. The van der Waals surface area contributed by atoms with Gasteiger partial charge in [-0.3, -0.25) is 0 Å². The fourth-order valence-corrected chi connectivity index (χ4v) is 2.48. The van der Waals surface area contributed by atoms with Crippen molar-refractivity contribution in [3.05, 3.63) is 5.89 Å². The largest absolute Gasteiger partial charge is 0.408 e. The Kier molecular flexibility index (Phi) is 2.21. The molecular formula is C7H11N3OS. The van der Waals surface area contributed by atoms with Gasteiger partial charge < -0.3 is 10.2 Å². The third kappa shape index (κ3) is 1.55. The van der Waals surface area contributed by atoms with Gasteiger partial charge in [-0.25, -0.2) is 0 Å². The topological polar surface area (TPSA) is 64.9 Å². The van der Waals surface area contributed by atoms with Gasteiger partial charge in [0.05, 0.1) is 0 Å². The standard InChI is InChI=1S/C7H11N3OS/c8-7-10-9-6(11-7)5-2-1-3-12-4-5/h5H,1-4H2,(H2,8,10). The van der Waals surface area contributed by atoms with Gasteiger partial charge in [0.15, 0.2) is 0 Å². The van der Waals surface area contributed by atoms with E-state index in [0.29, 0.717) is 11.8 Å². The van der Waals surface area contributed by atoms with Crippen LogP contribution in [0.25, 0.3) is 0 Å². The summed E-state index contributed by atoms with van der Waals surface area (Å²) in [5, 5.41) is 7.53. The highest BCUT2D eigenvalue weighted by Gasteiger charge is 2.20. The van der Waals surface area contributed by atoms with Crippen LogP contribution in [0.1, 0.15) is 24.7 Å². The molecule has 4 nitrogen and oxygen atoms in total. The number of hydrogen-bond acceptors (Lipinski definition) is 5. The molecule has 2 rings (SSSR count). The second kappa shape index (κ2) is 3.35. The zero-order valence-electron chi connectivity index (χ0n) is 6.69. The molecule has 1 unspecified atom stereocenters. The Labute approximate surface area is 74.9 Å². The molecule has 0 aromatic carbocycles. The molecular weight excluding hydrogens is 174 g/mol. The molecule has 0 radical (unpaired) electrons. The maximum atomic E-state index is 5.34. The Morgan fingerprint density at radius 2 is 2.42 bits per heavy atom. The molecule has 1 aliphatic rings. The maximum absolute atomic E-state index is 5.34. The van der Waals surface area contributed by atoms with E-state index in [4.69, 9.17) is 10.2 Å². The first-order valence-corrected chi connectivity index (χ1v) is 5.18. The van der Waals surface area contributed by atoms with E-state index < -0.39 is 0 Å². The van der Waals surface area contributed by atoms with Gasteiger partial charge in [0.2, 0.25) is 5.89 Å². The lowest BCUT2D eigenvalue weighted by Gasteiger charge is -2.16. The number of nitrogens with zero attached hydrogens (tertiary/aromatic N) is 2. The van der Waals surface area contributed by atoms with E-state index >= 15 is 0 Å². The molecule has 66 valence electrons. The lowest BCUT2D eigenvalue weighted by atomic mass is 10.1. The van der Waals surface area contributed by atoms with E-state index in [-0.39, 0.29) is 6.01 Å². The number of nitrogens with two attached hydrogens (primary N) is 1. The van der Waals surface area contributed by atoms with Gasteiger partial charge in [-0.05, 0) is 18.6 Å². The van der Waals surface area contributed by atoms with Crippen molar-refractivity contribution in [1.82, 2.24) is 10.2 Å². The summed E-state index contributed by atoms with van der Waals surface area (Å²) in [6.45, 7) is 0. The van der Waals surface area contributed by atoms with Crippen molar-refractivity contribution in [1.29, 1.82) is 0 Å². The first kappa shape index (κ1) is 7.91. The predicted octanol–water partition coefficient (Wildman–Crippen LogP) is 1.26. The Balaban J connectivity index is 2.08. The smallest absolute Gasteiger partial charge is 0.312 e. The summed E-state index contributed by atoms with van der Waals surface area (Å²) in [6, 6.07) is 0.181. The summed E-state index contributed by atoms with van der Waals surface area (Å²) in [4.78, 5) is 0. The van der Waals surface area contributed by atoms with Crippen LogP contribution in [-0.2, 0) is 0 Å². The first-order chi connectivity index (χ1) is 5.86. The van der Waals surface area contributed by atoms with Crippen LogP contribution in [-0.4, -0.2) is 21.7 Å². The third-order valence-corrected chi connectivity index (χ3v) is 3.18. The Hall–Kier alpha value is -0.710. The van der Waals surface area contributed by atoms with Crippen molar-refractivity contribution >= 4 is 17.8 Å². The minimum Gasteiger partial charge on any atom is -0.408 e. The summed E-state index contributed by atoms with van der Waals surface area (Å²) >= 11 is 1.94. The number of aromatic nitrogens is 2. The quantitative estimate of drug-likeness (QED) is 0.713. The summed E-state index contributed by atoms with van der Waals surface area (Å²) in [6.07, 6.45) is 2.38. The zero-order chi connectivity index (χ0) is 8.39. The number of thioether (sulfide) groups is 1. The van der Waals surface area contributed by atoms with Crippen molar-refractivity contribution in [3.63, 3.8) is 0 Å². The van der Waals surface area contributed by atoms with E-state index in [9.17, 15) is 0 Å². The summed E-state index contributed by atoms with van der Waals surface area (Å²) in [5.41, 5.74) is 5.34. The number of rotatable bonds is 1. The van der Waals surface area contributed by atoms with Crippen LogP contribution in [0.3, 0.4) is 0 Å². The number of anilines is 1. The fourth-order valence-electron chi connectivity index (χ4n) is 1.35. The summed E-state index contributed by atoms with van der Waals surface area (Å²) < 4.78 is 5.17. The Morgan fingerprint density at radius 1 is 1.50 bits per heavy atom. The lowest BCUT2D eigenvalue weighted by molar-refractivity contribution is 0.455. The van der Waals surface area contributed by atoms with E-state index in [1.807, 2.05) is 11.8 Å². The van der Waals surface area contributed by atoms with E-state index in [0.717, 1.165) is 12.2 Å². The average Bonchev–Trinajstić information content (AvgIpc) is 2.54. The molecule has 12 heavy (non-hydrogen) atoms. The highest BCUT2D eigenvalue weighted by atomic mass is 32.2. The average molecular weight is 185 g/mol. The normalized spacial score (nSPS) is 24.2. The molecule has 0 saturated carbocycles. The second-order valence-electron chi connectivity index (χ2n) is 2.89. The number of nitrogen functional groups attached to an aromatic ring is 1. The van der Waals surface area contributed by atoms with Crippen molar-refractivity contribution in [2.45, 2.75) is 18.8 Å². The van der Waals surface area contributed by atoms with Crippen molar-refractivity contribution in [2.24, 2.45) is 0 Å². The molecule has 1 atom stereocenters. The molecule has 2 heterocycles. The molecule has 1 aliphatic heterocycles. The predicted molar refractivity (Wildman–Crippen MR) is 48.0 cm³/mol. The molecule has 2 N–H and O–H groups in total. The monoisotopic (exact) mass is 185 g/mol. The van der Waals surface area contributed by atoms with E-state index in [2.05, 4.69) is 10.2 Å². The van der Waals surface area contributed by atoms with E-state index in [1.165, 1.54) is 12.2 Å². The zero-order valence-corrected chi connectivity index (χ0v) is 7.51. The van der Waals surface area contributed by atoms with Gasteiger partial charge in [-0.15, -0.1) is 5.10 Å². The third-order valence-electron chi connectivity index (χ3n) is 1.97. The van der Waals surface area contributed by atoms with Gasteiger partial charge in [-0.2, -0.15) is 11.8 Å². The Morgan fingerprint density at radius 3 is 3.00 bits per heavy atom. The highest BCUT2D eigenvalue weighted by Crippen LogP contribution is 2.30. The van der Waals surface area contributed by atoms with Crippen LogP contribution in [0, 0.1) is 0 Å². The maximum Gasteiger partial charge on any atom is 0.312 e. The summed E-state index contributed by atoms with van der Waals surface area (Å²) in [7, 11) is 0.